The smallest absolute Gasteiger partial charge is 0.194 e. The Kier molecular flexibility index (Phi) is 6.65. The molecule has 30 heavy (non-hydrogen) atoms. The molecule has 0 aliphatic heterocycles. The molecule has 2 aromatic rings. The molecule has 2 atom stereocenters. The fraction of sp³-hybridized carbons (Fsp3) is 0.481. The molecule has 4 rings (SSSR count). The molecule has 0 bridgehead atoms. The summed E-state index contributed by atoms with van der Waals surface area (Å²) in [5.74, 6) is -0.799. The van der Waals surface area contributed by atoms with Crippen molar-refractivity contribution in [2.24, 2.45) is 17.8 Å². The van der Waals surface area contributed by atoms with Crippen molar-refractivity contribution in [3.8, 4) is 11.1 Å². The lowest BCUT2D eigenvalue weighted by Gasteiger charge is -2.35. The van der Waals surface area contributed by atoms with Gasteiger partial charge in [0.15, 0.2) is 17.5 Å². The van der Waals surface area contributed by atoms with E-state index in [4.69, 9.17) is 0 Å². The Morgan fingerprint density at radius 2 is 1.43 bits per heavy atom. The second kappa shape index (κ2) is 9.41. The summed E-state index contributed by atoms with van der Waals surface area (Å²) in [5.41, 5.74) is 2.37. The van der Waals surface area contributed by atoms with Crippen LogP contribution in [-0.2, 0) is 0 Å². The fourth-order valence-corrected chi connectivity index (χ4v) is 5.45. The minimum Gasteiger partial charge on any atom is -0.204 e. The van der Waals surface area contributed by atoms with Crippen LogP contribution in [0.3, 0.4) is 0 Å². The van der Waals surface area contributed by atoms with Gasteiger partial charge in [0.1, 0.15) is 0 Å². The van der Waals surface area contributed by atoms with Crippen LogP contribution in [0, 0.1) is 35.2 Å². The third-order valence-corrected chi connectivity index (χ3v) is 7.24. The molecule has 2 aliphatic carbocycles. The van der Waals surface area contributed by atoms with Gasteiger partial charge in [0.2, 0.25) is 0 Å². The first-order valence-electron chi connectivity index (χ1n) is 11.5. The van der Waals surface area contributed by atoms with Crippen LogP contribution < -0.4 is 0 Å². The van der Waals surface area contributed by atoms with Crippen molar-refractivity contribution in [1.82, 2.24) is 0 Å². The van der Waals surface area contributed by atoms with Crippen molar-refractivity contribution in [1.29, 1.82) is 0 Å². The largest absolute Gasteiger partial charge is 0.204 e. The maximum absolute atomic E-state index is 13.5. The summed E-state index contributed by atoms with van der Waals surface area (Å²) >= 11 is 0. The molecule has 1 saturated carbocycles. The highest BCUT2D eigenvalue weighted by molar-refractivity contribution is 5.64. The Bertz CT molecular complexity index is 852. The van der Waals surface area contributed by atoms with E-state index in [9.17, 15) is 13.2 Å². The highest BCUT2D eigenvalue weighted by Gasteiger charge is 2.28. The minimum atomic E-state index is -1.42. The molecule has 0 spiro atoms. The van der Waals surface area contributed by atoms with E-state index in [-0.39, 0.29) is 0 Å². The van der Waals surface area contributed by atoms with Gasteiger partial charge in [-0.3, -0.25) is 0 Å². The lowest BCUT2D eigenvalue weighted by atomic mass is 9.70. The molecule has 2 unspecified atom stereocenters. The van der Waals surface area contributed by atoms with Crippen LogP contribution in [-0.4, -0.2) is 0 Å². The zero-order valence-corrected chi connectivity index (χ0v) is 17.7. The van der Waals surface area contributed by atoms with Gasteiger partial charge in [-0.2, -0.15) is 0 Å². The molecule has 2 aliphatic rings. The molecule has 2 aromatic carbocycles. The first-order chi connectivity index (χ1) is 14.5. The van der Waals surface area contributed by atoms with E-state index in [1.54, 1.807) is 0 Å². The van der Waals surface area contributed by atoms with Crippen LogP contribution >= 0.6 is 0 Å². The second-order valence-corrected chi connectivity index (χ2v) is 9.16. The van der Waals surface area contributed by atoms with Crippen molar-refractivity contribution in [3.05, 3.63) is 71.6 Å². The second-order valence-electron chi connectivity index (χ2n) is 9.16. The van der Waals surface area contributed by atoms with Crippen molar-refractivity contribution < 1.29 is 13.2 Å². The predicted octanol–water partition coefficient (Wildman–Crippen LogP) is 8.43. The monoisotopic (exact) mass is 412 g/mol. The molecular weight excluding hydrogens is 381 g/mol. The van der Waals surface area contributed by atoms with Crippen molar-refractivity contribution in [3.63, 3.8) is 0 Å². The summed E-state index contributed by atoms with van der Waals surface area (Å²) in [6, 6.07) is 10.0. The molecule has 0 saturated heterocycles. The summed E-state index contributed by atoms with van der Waals surface area (Å²) in [6.07, 6.45) is 15.2. The highest BCUT2D eigenvalue weighted by Crippen LogP contribution is 2.42. The van der Waals surface area contributed by atoms with Crippen LogP contribution in [0.2, 0.25) is 0 Å². The Labute approximate surface area is 178 Å². The predicted molar refractivity (Wildman–Crippen MR) is 117 cm³/mol. The number of halogens is 3. The maximum atomic E-state index is 13.5. The van der Waals surface area contributed by atoms with Gasteiger partial charge in [-0.05, 0) is 97.4 Å². The number of hydrogen-bond donors (Lipinski definition) is 0. The fourth-order valence-electron chi connectivity index (χ4n) is 5.45. The molecule has 0 N–H and O–H groups in total. The van der Waals surface area contributed by atoms with Gasteiger partial charge < -0.3 is 0 Å². The first-order valence-corrected chi connectivity index (χ1v) is 11.5. The Morgan fingerprint density at radius 1 is 0.767 bits per heavy atom. The van der Waals surface area contributed by atoms with Crippen molar-refractivity contribution in [2.45, 2.75) is 64.2 Å². The van der Waals surface area contributed by atoms with Crippen molar-refractivity contribution >= 4 is 0 Å². The molecule has 160 valence electrons. The number of hydrogen-bond acceptors (Lipinski definition) is 0. The van der Waals surface area contributed by atoms with E-state index in [2.05, 4.69) is 31.2 Å². The van der Waals surface area contributed by atoms with Gasteiger partial charge in [-0.15, -0.1) is 0 Å². The summed E-state index contributed by atoms with van der Waals surface area (Å²) in [4.78, 5) is 0. The molecule has 0 radical (unpaired) electrons. The average molecular weight is 413 g/mol. The zero-order chi connectivity index (χ0) is 21.1. The highest BCUT2D eigenvalue weighted by atomic mass is 19.2. The van der Waals surface area contributed by atoms with Crippen LogP contribution in [0.15, 0.2) is 48.6 Å². The molecular formula is C27H31F3. The number of rotatable bonds is 5. The lowest BCUT2D eigenvalue weighted by molar-refractivity contribution is 0.239. The van der Waals surface area contributed by atoms with E-state index in [0.29, 0.717) is 17.0 Å². The van der Waals surface area contributed by atoms with Gasteiger partial charge >= 0.3 is 0 Å². The molecule has 1 fully saturated rings. The molecule has 0 nitrogen and oxygen atoms in total. The maximum Gasteiger partial charge on any atom is 0.194 e. The first kappa shape index (κ1) is 21.2. The topological polar surface area (TPSA) is 0 Å². The molecule has 0 heterocycles. The van der Waals surface area contributed by atoms with E-state index in [0.717, 1.165) is 29.9 Å². The molecule has 0 amide bonds. The Hall–Kier alpha value is -2.03. The summed E-state index contributed by atoms with van der Waals surface area (Å²) in [5, 5.41) is 0. The summed E-state index contributed by atoms with van der Waals surface area (Å²) < 4.78 is 40.3. The average Bonchev–Trinajstić information content (AvgIpc) is 2.78. The van der Waals surface area contributed by atoms with E-state index >= 15 is 0 Å². The van der Waals surface area contributed by atoms with E-state index in [1.165, 1.54) is 56.9 Å². The van der Waals surface area contributed by atoms with Gasteiger partial charge in [0.05, 0.1) is 0 Å². The van der Waals surface area contributed by atoms with Crippen molar-refractivity contribution in [2.75, 3.05) is 0 Å². The van der Waals surface area contributed by atoms with Gasteiger partial charge in [0, 0.05) is 0 Å². The third-order valence-electron chi connectivity index (χ3n) is 7.24. The molecule has 3 heteroatoms. The van der Waals surface area contributed by atoms with E-state index in [1.807, 2.05) is 12.1 Å². The van der Waals surface area contributed by atoms with Crippen LogP contribution in [0.1, 0.15) is 69.8 Å². The number of allylic oxidation sites excluding steroid dienone is 2. The normalized spacial score (nSPS) is 26.7. The summed E-state index contributed by atoms with van der Waals surface area (Å²) in [6.45, 7) is 2.27. The SMILES string of the molecule is CCCC1C=CC(C2CCC(c3ccc(-c4cc(F)c(F)c(F)c4)cc3)CC2)CC1. The van der Waals surface area contributed by atoms with Gasteiger partial charge in [-0.25, -0.2) is 13.2 Å². The quantitative estimate of drug-likeness (QED) is 0.341. The summed E-state index contributed by atoms with van der Waals surface area (Å²) in [7, 11) is 0. The van der Waals surface area contributed by atoms with Crippen LogP contribution in [0.25, 0.3) is 11.1 Å². The molecule has 0 aromatic heterocycles. The zero-order valence-electron chi connectivity index (χ0n) is 17.7. The van der Waals surface area contributed by atoms with Crippen LogP contribution in [0.4, 0.5) is 13.2 Å². The minimum absolute atomic E-state index is 0.368. The lowest BCUT2D eigenvalue weighted by Crippen LogP contribution is -2.22. The standard InChI is InChI=1S/C27H31F3/c1-2-3-18-4-6-19(7-5-18)20-8-10-21(11-9-20)22-12-14-23(15-13-22)24-16-25(28)27(30)26(29)17-24/h4,6,12-21H,2-3,5,7-11H2,1H3. The van der Waals surface area contributed by atoms with Gasteiger partial charge in [-0.1, -0.05) is 49.8 Å². The number of benzene rings is 2. The third kappa shape index (κ3) is 4.66. The van der Waals surface area contributed by atoms with E-state index < -0.39 is 17.5 Å². The van der Waals surface area contributed by atoms with Gasteiger partial charge in [0.25, 0.3) is 0 Å². The Morgan fingerprint density at radius 3 is 2.00 bits per heavy atom. The Balaban J connectivity index is 1.36. The van der Waals surface area contributed by atoms with Crippen LogP contribution in [0.5, 0.6) is 0 Å².